The van der Waals surface area contributed by atoms with Gasteiger partial charge in [-0.05, 0) is 25.7 Å². The molecule has 0 saturated heterocycles. The summed E-state index contributed by atoms with van der Waals surface area (Å²) in [5.74, 6) is -0.931. The quantitative estimate of drug-likeness (QED) is 0.536. The second kappa shape index (κ2) is 5.81. The average Bonchev–Trinajstić information content (AvgIpc) is 2.16. The first-order chi connectivity index (χ1) is 7.49. The minimum atomic E-state index is -0.465. The zero-order valence-electron chi connectivity index (χ0n) is 9.26. The summed E-state index contributed by atoms with van der Waals surface area (Å²) < 4.78 is 0. The Bertz CT molecular complexity index is 246. The molecule has 16 heavy (non-hydrogen) atoms. The Morgan fingerprint density at radius 2 is 1.50 bits per heavy atom. The van der Waals surface area contributed by atoms with Gasteiger partial charge < -0.3 is 16.6 Å². The van der Waals surface area contributed by atoms with Gasteiger partial charge in [-0.15, -0.1) is 0 Å². The minimum Gasteiger partial charge on any atom is -0.393 e. The van der Waals surface area contributed by atoms with Crippen molar-refractivity contribution >= 4 is 11.8 Å². The molecule has 0 heterocycles. The fourth-order valence-electron chi connectivity index (χ4n) is 2.14. The lowest BCUT2D eigenvalue weighted by molar-refractivity contribution is -0.123. The number of primary amides is 2. The molecule has 5 N–H and O–H groups in total. The van der Waals surface area contributed by atoms with E-state index in [1.807, 2.05) is 0 Å². The van der Waals surface area contributed by atoms with E-state index in [0.717, 1.165) is 12.8 Å². The second-order valence-corrected chi connectivity index (χ2v) is 4.30. The lowest BCUT2D eigenvalue weighted by Gasteiger charge is -2.34. The molecule has 0 radical (unpaired) electrons. The highest BCUT2D eigenvalue weighted by atomic mass is 16.3. The lowest BCUT2D eigenvalue weighted by atomic mass is 9.92. The molecule has 1 fully saturated rings. The summed E-state index contributed by atoms with van der Waals surface area (Å²) in [4.78, 5) is 23.5. The maximum absolute atomic E-state index is 10.9. The van der Waals surface area contributed by atoms with Crippen LogP contribution in [0.5, 0.6) is 0 Å². The fraction of sp³-hybridized carbons (Fsp3) is 0.800. The number of amides is 2. The Morgan fingerprint density at radius 1 is 1.06 bits per heavy atom. The zero-order chi connectivity index (χ0) is 12.1. The monoisotopic (exact) mass is 229 g/mol. The predicted octanol–water partition coefficient (Wildman–Crippen LogP) is -1.44. The third kappa shape index (κ3) is 4.16. The summed E-state index contributed by atoms with van der Waals surface area (Å²) >= 11 is 0. The van der Waals surface area contributed by atoms with Crippen LogP contribution in [0.1, 0.15) is 25.7 Å². The molecule has 0 aromatic rings. The van der Waals surface area contributed by atoms with E-state index in [1.54, 1.807) is 4.90 Å². The summed E-state index contributed by atoms with van der Waals surface area (Å²) in [7, 11) is 0. The Kier molecular flexibility index (Phi) is 4.70. The smallest absolute Gasteiger partial charge is 0.231 e. The number of nitrogens with two attached hydrogens (primary N) is 2. The number of aliphatic hydroxyl groups excluding tert-OH is 1. The molecular formula is C10H19N3O3. The Morgan fingerprint density at radius 3 is 1.88 bits per heavy atom. The van der Waals surface area contributed by atoms with E-state index in [-0.39, 0.29) is 25.2 Å². The van der Waals surface area contributed by atoms with Gasteiger partial charge in [-0.1, -0.05) is 0 Å². The lowest BCUT2D eigenvalue weighted by Crippen LogP contribution is -2.47. The summed E-state index contributed by atoms with van der Waals surface area (Å²) in [5, 5.41) is 9.37. The molecule has 2 amide bonds. The van der Waals surface area contributed by atoms with Gasteiger partial charge >= 0.3 is 0 Å². The molecular weight excluding hydrogens is 210 g/mol. The topological polar surface area (TPSA) is 110 Å². The third-order valence-corrected chi connectivity index (χ3v) is 2.90. The standard InChI is InChI=1S/C10H19N3O3/c11-9(15)5-13(6-10(12)16)7-1-3-8(14)4-2-7/h7-8,14H,1-6H2,(H2,11,15)(H2,12,16). The van der Waals surface area contributed by atoms with Crippen LogP contribution in [0.25, 0.3) is 0 Å². The van der Waals surface area contributed by atoms with Crippen molar-refractivity contribution < 1.29 is 14.7 Å². The first-order valence-corrected chi connectivity index (χ1v) is 5.47. The summed E-state index contributed by atoms with van der Waals surface area (Å²) in [6, 6.07) is 0.114. The number of rotatable bonds is 5. The van der Waals surface area contributed by atoms with Crippen molar-refractivity contribution in [3.05, 3.63) is 0 Å². The van der Waals surface area contributed by atoms with Gasteiger partial charge in [0, 0.05) is 6.04 Å². The van der Waals surface area contributed by atoms with Crippen LogP contribution in [-0.4, -0.2) is 47.1 Å². The van der Waals surface area contributed by atoms with Crippen LogP contribution in [0, 0.1) is 0 Å². The summed E-state index contributed by atoms with van der Waals surface area (Å²) in [6.07, 6.45) is 2.65. The molecule has 6 nitrogen and oxygen atoms in total. The molecule has 1 aliphatic rings. The fourth-order valence-corrected chi connectivity index (χ4v) is 2.14. The van der Waals surface area contributed by atoms with Crippen molar-refractivity contribution in [2.24, 2.45) is 11.5 Å². The maximum atomic E-state index is 10.9. The van der Waals surface area contributed by atoms with Crippen molar-refractivity contribution in [1.82, 2.24) is 4.90 Å². The zero-order valence-corrected chi connectivity index (χ0v) is 9.26. The Labute approximate surface area is 94.6 Å². The number of hydrogen-bond acceptors (Lipinski definition) is 4. The van der Waals surface area contributed by atoms with Crippen LogP contribution in [0.15, 0.2) is 0 Å². The van der Waals surface area contributed by atoms with Crippen molar-refractivity contribution in [3.8, 4) is 0 Å². The Hall–Kier alpha value is -1.14. The highest BCUT2D eigenvalue weighted by molar-refractivity contribution is 5.79. The number of hydrogen-bond donors (Lipinski definition) is 3. The van der Waals surface area contributed by atoms with Crippen LogP contribution in [-0.2, 0) is 9.59 Å². The van der Waals surface area contributed by atoms with Gasteiger partial charge in [0.25, 0.3) is 0 Å². The van der Waals surface area contributed by atoms with E-state index in [4.69, 9.17) is 11.5 Å². The van der Waals surface area contributed by atoms with E-state index >= 15 is 0 Å². The van der Waals surface area contributed by atoms with Gasteiger partial charge in [0.05, 0.1) is 19.2 Å². The number of carbonyl (C=O) groups excluding carboxylic acids is 2. The number of nitrogens with zero attached hydrogens (tertiary/aromatic N) is 1. The summed E-state index contributed by atoms with van der Waals surface area (Å²) in [6.45, 7) is 0.0907. The van der Waals surface area contributed by atoms with Gasteiger partial charge in [0.15, 0.2) is 0 Å². The molecule has 0 unspecified atom stereocenters. The highest BCUT2D eigenvalue weighted by Crippen LogP contribution is 2.22. The molecule has 6 heteroatoms. The van der Waals surface area contributed by atoms with Gasteiger partial charge in [-0.2, -0.15) is 0 Å². The molecule has 0 aliphatic heterocycles. The molecule has 1 rings (SSSR count). The molecule has 0 atom stereocenters. The molecule has 0 spiro atoms. The van der Waals surface area contributed by atoms with E-state index in [0.29, 0.717) is 12.8 Å². The second-order valence-electron chi connectivity index (χ2n) is 4.30. The van der Waals surface area contributed by atoms with Crippen LogP contribution in [0.2, 0.25) is 0 Å². The van der Waals surface area contributed by atoms with Crippen LogP contribution in [0.4, 0.5) is 0 Å². The van der Waals surface area contributed by atoms with Crippen molar-refractivity contribution in [3.63, 3.8) is 0 Å². The molecule has 0 aromatic heterocycles. The normalized spacial score (nSPS) is 25.6. The number of carbonyl (C=O) groups is 2. The van der Waals surface area contributed by atoms with Gasteiger partial charge in [-0.25, -0.2) is 0 Å². The predicted molar refractivity (Wildman–Crippen MR) is 58.2 cm³/mol. The molecule has 92 valence electrons. The highest BCUT2D eigenvalue weighted by Gasteiger charge is 2.26. The van der Waals surface area contributed by atoms with Gasteiger partial charge in [0.2, 0.25) is 11.8 Å². The van der Waals surface area contributed by atoms with Gasteiger partial charge in [-0.3, -0.25) is 14.5 Å². The number of aliphatic hydroxyl groups is 1. The van der Waals surface area contributed by atoms with Crippen LogP contribution < -0.4 is 11.5 Å². The van der Waals surface area contributed by atoms with Crippen molar-refractivity contribution in [2.45, 2.75) is 37.8 Å². The average molecular weight is 229 g/mol. The first-order valence-electron chi connectivity index (χ1n) is 5.47. The Balaban J connectivity index is 2.53. The molecule has 0 bridgehead atoms. The van der Waals surface area contributed by atoms with E-state index in [1.165, 1.54) is 0 Å². The van der Waals surface area contributed by atoms with Crippen molar-refractivity contribution in [1.29, 1.82) is 0 Å². The van der Waals surface area contributed by atoms with E-state index in [2.05, 4.69) is 0 Å². The van der Waals surface area contributed by atoms with E-state index < -0.39 is 11.8 Å². The molecule has 0 aromatic carbocycles. The summed E-state index contributed by atoms with van der Waals surface area (Å²) in [5.41, 5.74) is 10.2. The molecule has 1 aliphatic carbocycles. The van der Waals surface area contributed by atoms with Crippen molar-refractivity contribution in [2.75, 3.05) is 13.1 Å². The van der Waals surface area contributed by atoms with Crippen LogP contribution in [0.3, 0.4) is 0 Å². The van der Waals surface area contributed by atoms with E-state index in [9.17, 15) is 14.7 Å². The minimum absolute atomic E-state index is 0.0453. The largest absolute Gasteiger partial charge is 0.393 e. The van der Waals surface area contributed by atoms with Crippen LogP contribution >= 0.6 is 0 Å². The SMILES string of the molecule is NC(=O)CN(CC(N)=O)C1CCC(O)CC1. The third-order valence-electron chi connectivity index (χ3n) is 2.90. The van der Waals surface area contributed by atoms with Gasteiger partial charge in [0.1, 0.15) is 0 Å². The first kappa shape index (κ1) is 12.9. The maximum Gasteiger partial charge on any atom is 0.231 e. The molecule has 1 saturated carbocycles.